The summed E-state index contributed by atoms with van der Waals surface area (Å²) in [7, 11) is 3.32. The Labute approximate surface area is 108 Å². The Kier molecular flexibility index (Phi) is 4.44. The molecule has 1 fully saturated rings. The predicted molar refractivity (Wildman–Crippen MR) is 70.0 cm³/mol. The molecule has 0 unspecified atom stereocenters. The van der Waals surface area contributed by atoms with E-state index in [1.807, 2.05) is 18.2 Å². The van der Waals surface area contributed by atoms with Gasteiger partial charge in [0.1, 0.15) is 11.5 Å². The van der Waals surface area contributed by atoms with E-state index in [-0.39, 0.29) is 6.04 Å². The second kappa shape index (κ2) is 6.07. The minimum Gasteiger partial charge on any atom is -0.496 e. The number of ether oxygens (including phenoxy) is 3. The van der Waals surface area contributed by atoms with E-state index in [1.165, 1.54) is 0 Å². The molecule has 18 heavy (non-hydrogen) atoms. The Morgan fingerprint density at radius 3 is 2.22 bits per heavy atom. The molecular weight excluding hydrogens is 230 g/mol. The van der Waals surface area contributed by atoms with Gasteiger partial charge < -0.3 is 19.9 Å². The van der Waals surface area contributed by atoms with E-state index in [0.29, 0.717) is 5.92 Å². The highest BCUT2D eigenvalue weighted by molar-refractivity contribution is 5.47. The molecule has 1 aliphatic heterocycles. The van der Waals surface area contributed by atoms with Crippen molar-refractivity contribution < 1.29 is 14.2 Å². The second-order valence-electron chi connectivity index (χ2n) is 4.55. The van der Waals surface area contributed by atoms with Crippen LogP contribution in [-0.4, -0.2) is 27.4 Å². The van der Waals surface area contributed by atoms with E-state index >= 15 is 0 Å². The van der Waals surface area contributed by atoms with Gasteiger partial charge in [-0.15, -0.1) is 0 Å². The summed E-state index contributed by atoms with van der Waals surface area (Å²) < 4.78 is 16.2. The van der Waals surface area contributed by atoms with Crippen molar-refractivity contribution >= 4 is 0 Å². The van der Waals surface area contributed by atoms with Gasteiger partial charge in [-0.3, -0.25) is 0 Å². The van der Waals surface area contributed by atoms with E-state index in [2.05, 4.69) is 0 Å². The van der Waals surface area contributed by atoms with Gasteiger partial charge in [-0.05, 0) is 30.9 Å². The fourth-order valence-corrected chi connectivity index (χ4v) is 2.52. The third-order valence-electron chi connectivity index (χ3n) is 3.57. The van der Waals surface area contributed by atoms with Crippen molar-refractivity contribution in [2.45, 2.75) is 18.9 Å². The Morgan fingerprint density at radius 1 is 1.17 bits per heavy atom. The summed E-state index contributed by atoms with van der Waals surface area (Å²) in [5.74, 6) is 2.02. The fraction of sp³-hybridized carbons (Fsp3) is 0.571. The summed E-state index contributed by atoms with van der Waals surface area (Å²) in [6.07, 6.45) is 1.98. The van der Waals surface area contributed by atoms with Crippen LogP contribution in [0.2, 0.25) is 0 Å². The Morgan fingerprint density at radius 2 is 1.72 bits per heavy atom. The molecule has 1 saturated heterocycles. The van der Waals surface area contributed by atoms with Crippen molar-refractivity contribution in [2.75, 3.05) is 27.4 Å². The van der Waals surface area contributed by atoms with Gasteiger partial charge in [0, 0.05) is 19.3 Å². The van der Waals surface area contributed by atoms with Gasteiger partial charge in [-0.1, -0.05) is 6.07 Å². The van der Waals surface area contributed by atoms with E-state index in [9.17, 15) is 0 Å². The smallest absolute Gasteiger partial charge is 0.127 e. The molecule has 0 saturated carbocycles. The monoisotopic (exact) mass is 251 g/mol. The lowest BCUT2D eigenvalue weighted by atomic mass is 9.87. The van der Waals surface area contributed by atoms with Crippen LogP contribution in [-0.2, 0) is 4.74 Å². The van der Waals surface area contributed by atoms with Gasteiger partial charge in [0.05, 0.1) is 19.8 Å². The van der Waals surface area contributed by atoms with E-state index in [1.54, 1.807) is 14.2 Å². The molecule has 2 rings (SSSR count). The van der Waals surface area contributed by atoms with Crippen molar-refractivity contribution in [3.8, 4) is 11.5 Å². The van der Waals surface area contributed by atoms with Crippen LogP contribution in [0.3, 0.4) is 0 Å². The lowest BCUT2D eigenvalue weighted by molar-refractivity contribution is 0.0578. The van der Waals surface area contributed by atoms with Crippen LogP contribution in [0.15, 0.2) is 18.2 Å². The average Bonchev–Trinajstić information content (AvgIpc) is 2.46. The van der Waals surface area contributed by atoms with E-state index in [0.717, 1.165) is 43.1 Å². The average molecular weight is 251 g/mol. The van der Waals surface area contributed by atoms with Gasteiger partial charge in [-0.2, -0.15) is 0 Å². The number of rotatable bonds is 4. The molecule has 0 aliphatic carbocycles. The zero-order chi connectivity index (χ0) is 13.0. The summed E-state index contributed by atoms with van der Waals surface area (Å²) in [6, 6.07) is 5.70. The van der Waals surface area contributed by atoms with Crippen LogP contribution >= 0.6 is 0 Å². The zero-order valence-corrected chi connectivity index (χ0v) is 11.0. The molecule has 1 aromatic rings. The fourth-order valence-electron chi connectivity index (χ4n) is 2.52. The first-order chi connectivity index (χ1) is 8.77. The summed E-state index contributed by atoms with van der Waals surface area (Å²) in [5.41, 5.74) is 7.37. The first kappa shape index (κ1) is 13.2. The van der Waals surface area contributed by atoms with Crippen LogP contribution in [0.4, 0.5) is 0 Å². The molecule has 100 valence electrons. The minimum atomic E-state index is -0.0694. The standard InChI is InChI=1S/C14H21NO3/c1-16-11-4-3-5-12(17-2)13(11)14(15)10-6-8-18-9-7-10/h3-5,10,14H,6-9,15H2,1-2H3/t14-/m1/s1. The quantitative estimate of drug-likeness (QED) is 0.890. The highest BCUT2D eigenvalue weighted by Gasteiger charge is 2.27. The minimum absolute atomic E-state index is 0.0694. The van der Waals surface area contributed by atoms with Crippen LogP contribution in [0.25, 0.3) is 0 Å². The SMILES string of the molecule is COc1cccc(OC)c1[C@H](N)C1CCOCC1. The van der Waals surface area contributed by atoms with Crippen LogP contribution in [0.1, 0.15) is 24.4 Å². The van der Waals surface area contributed by atoms with Gasteiger partial charge in [-0.25, -0.2) is 0 Å². The Hall–Kier alpha value is -1.26. The number of benzene rings is 1. The van der Waals surface area contributed by atoms with Crippen molar-refractivity contribution in [1.29, 1.82) is 0 Å². The largest absolute Gasteiger partial charge is 0.496 e. The summed E-state index contributed by atoms with van der Waals surface area (Å²) in [4.78, 5) is 0. The Balaban J connectivity index is 2.29. The molecule has 2 N–H and O–H groups in total. The maximum atomic E-state index is 6.41. The van der Waals surface area contributed by atoms with Gasteiger partial charge in [0.2, 0.25) is 0 Å². The maximum Gasteiger partial charge on any atom is 0.127 e. The molecule has 0 spiro atoms. The summed E-state index contributed by atoms with van der Waals surface area (Å²) in [5, 5.41) is 0. The third kappa shape index (κ3) is 2.60. The van der Waals surface area contributed by atoms with Crippen molar-refractivity contribution in [1.82, 2.24) is 0 Å². The van der Waals surface area contributed by atoms with Crippen LogP contribution < -0.4 is 15.2 Å². The molecule has 0 bridgehead atoms. The third-order valence-corrected chi connectivity index (χ3v) is 3.57. The molecular formula is C14H21NO3. The molecule has 0 amide bonds. The van der Waals surface area contributed by atoms with Crippen molar-refractivity contribution in [2.24, 2.45) is 11.7 Å². The molecule has 4 nitrogen and oxygen atoms in total. The second-order valence-corrected chi connectivity index (χ2v) is 4.55. The molecule has 4 heteroatoms. The molecule has 1 heterocycles. The zero-order valence-electron chi connectivity index (χ0n) is 11.0. The molecule has 1 aliphatic rings. The predicted octanol–water partition coefficient (Wildman–Crippen LogP) is 2.13. The highest BCUT2D eigenvalue weighted by Crippen LogP contribution is 2.38. The number of nitrogens with two attached hydrogens (primary N) is 1. The van der Waals surface area contributed by atoms with Gasteiger partial charge in [0.25, 0.3) is 0 Å². The maximum absolute atomic E-state index is 6.41. The summed E-state index contributed by atoms with van der Waals surface area (Å²) >= 11 is 0. The lowest BCUT2D eigenvalue weighted by Crippen LogP contribution is -2.28. The highest BCUT2D eigenvalue weighted by atomic mass is 16.5. The Bertz CT molecular complexity index is 366. The van der Waals surface area contributed by atoms with Crippen molar-refractivity contribution in [3.63, 3.8) is 0 Å². The van der Waals surface area contributed by atoms with Gasteiger partial charge >= 0.3 is 0 Å². The number of hydrogen-bond donors (Lipinski definition) is 1. The molecule has 0 aromatic heterocycles. The van der Waals surface area contributed by atoms with E-state index < -0.39 is 0 Å². The number of hydrogen-bond acceptors (Lipinski definition) is 4. The van der Waals surface area contributed by atoms with Crippen LogP contribution in [0, 0.1) is 5.92 Å². The van der Waals surface area contributed by atoms with E-state index in [4.69, 9.17) is 19.9 Å². The molecule has 1 aromatic carbocycles. The molecule has 1 atom stereocenters. The first-order valence-electron chi connectivity index (χ1n) is 6.32. The first-order valence-corrected chi connectivity index (χ1v) is 6.32. The van der Waals surface area contributed by atoms with Crippen molar-refractivity contribution in [3.05, 3.63) is 23.8 Å². The topological polar surface area (TPSA) is 53.7 Å². The lowest BCUT2D eigenvalue weighted by Gasteiger charge is -2.29. The molecule has 0 radical (unpaired) electrons. The summed E-state index contributed by atoms with van der Waals surface area (Å²) in [6.45, 7) is 1.58. The normalized spacial score (nSPS) is 18.4. The number of methoxy groups -OCH3 is 2. The van der Waals surface area contributed by atoms with Crippen LogP contribution in [0.5, 0.6) is 11.5 Å². The van der Waals surface area contributed by atoms with Gasteiger partial charge in [0.15, 0.2) is 0 Å².